The third-order valence-electron chi connectivity index (χ3n) is 3.51. The molecule has 2 heterocycles. The van der Waals surface area contributed by atoms with E-state index in [0.29, 0.717) is 23.7 Å². The minimum atomic E-state index is 0.146. The molecule has 0 bridgehead atoms. The molecule has 0 amide bonds. The summed E-state index contributed by atoms with van der Waals surface area (Å²) >= 11 is 0. The monoisotopic (exact) mass is 291 g/mol. The van der Waals surface area contributed by atoms with Gasteiger partial charge < -0.3 is 15.5 Å². The van der Waals surface area contributed by atoms with Gasteiger partial charge in [0.25, 0.3) is 0 Å². The van der Waals surface area contributed by atoms with Crippen LogP contribution in [-0.4, -0.2) is 19.9 Å². The first-order chi connectivity index (χ1) is 10.8. The van der Waals surface area contributed by atoms with E-state index >= 15 is 0 Å². The number of imidazole rings is 1. The lowest BCUT2D eigenvalue weighted by Crippen LogP contribution is -2.02. The van der Waals surface area contributed by atoms with Crippen molar-refractivity contribution in [2.45, 2.75) is 6.61 Å². The van der Waals surface area contributed by atoms with Gasteiger partial charge in [-0.15, -0.1) is 0 Å². The molecule has 2 aromatic heterocycles. The fourth-order valence-corrected chi connectivity index (χ4v) is 2.49. The molecule has 108 valence electrons. The number of fused-ring (bicyclic) bond motifs is 2. The van der Waals surface area contributed by atoms with Gasteiger partial charge in [0.15, 0.2) is 5.65 Å². The number of hydrogen-bond donors (Lipinski definition) is 2. The molecule has 0 fully saturated rings. The molecule has 0 aliphatic rings. The molecule has 3 N–H and O–H groups in total. The summed E-state index contributed by atoms with van der Waals surface area (Å²) in [6.07, 6.45) is 1.55. The van der Waals surface area contributed by atoms with Crippen LogP contribution in [-0.2, 0) is 6.61 Å². The largest absolute Gasteiger partial charge is 0.471 e. The number of nitrogens with two attached hydrogens (primary N) is 1. The second-order valence-electron chi connectivity index (χ2n) is 4.92. The molecule has 0 radical (unpaired) electrons. The predicted octanol–water partition coefficient (Wildman–Crippen LogP) is 2.67. The van der Waals surface area contributed by atoms with Crippen LogP contribution in [0.15, 0.2) is 48.8 Å². The number of ether oxygens (including phenoxy) is 1. The Labute approximate surface area is 126 Å². The van der Waals surface area contributed by atoms with Gasteiger partial charge in [0.05, 0.1) is 6.33 Å². The number of rotatable bonds is 3. The number of aromatic nitrogens is 4. The van der Waals surface area contributed by atoms with E-state index in [1.165, 1.54) is 5.39 Å². The first kappa shape index (κ1) is 12.6. The van der Waals surface area contributed by atoms with Crippen LogP contribution >= 0.6 is 0 Å². The normalized spacial score (nSPS) is 11.1. The molecule has 0 saturated carbocycles. The van der Waals surface area contributed by atoms with Gasteiger partial charge in [-0.05, 0) is 16.3 Å². The SMILES string of the molecule is Nc1nc(OCc2cccc3ccccc23)c2[nH]cnc2n1. The molecule has 0 spiro atoms. The third kappa shape index (κ3) is 2.10. The van der Waals surface area contributed by atoms with E-state index in [2.05, 4.69) is 38.1 Å². The first-order valence-electron chi connectivity index (χ1n) is 6.87. The summed E-state index contributed by atoms with van der Waals surface area (Å²) in [5.41, 5.74) is 7.92. The predicted molar refractivity (Wildman–Crippen MR) is 84.4 cm³/mol. The van der Waals surface area contributed by atoms with Gasteiger partial charge in [-0.3, -0.25) is 0 Å². The van der Waals surface area contributed by atoms with Crippen molar-refractivity contribution in [2.75, 3.05) is 5.73 Å². The molecule has 0 saturated heterocycles. The Hall–Kier alpha value is -3.15. The molecular formula is C16H13N5O. The highest BCUT2D eigenvalue weighted by atomic mass is 16.5. The summed E-state index contributed by atoms with van der Waals surface area (Å²) in [5.74, 6) is 0.556. The van der Waals surface area contributed by atoms with Crippen LogP contribution in [0.4, 0.5) is 5.95 Å². The van der Waals surface area contributed by atoms with Crippen LogP contribution in [0.3, 0.4) is 0 Å². The van der Waals surface area contributed by atoms with Crippen molar-refractivity contribution in [1.82, 2.24) is 19.9 Å². The molecule has 22 heavy (non-hydrogen) atoms. The van der Waals surface area contributed by atoms with Crippen molar-refractivity contribution in [1.29, 1.82) is 0 Å². The summed E-state index contributed by atoms with van der Waals surface area (Å²) < 4.78 is 5.85. The molecule has 2 aromatic carbocycles. The summed E-state index contributed by atoms with van der Waals surface area (Å²) in [7, 11) is 0. The highest BCUT2D eigenvalue weighted by Crippen LogP contribution is 2.23. The van der Waals surface area contributed by atoms with Crippen LogP contribution in [0.25, 0.3) is 21.9 Å². The van der Waals surface area contributed by atoms with Crippen molar-refractivity contribution in [3.05, 3.63) is 54.4 Å². The Morgan fingerprint density at radius 1 is 1.05 bits per heavy atom. The van der Waals surface area contributed by atoms with E-state index in [-0.39, 0.29) is 5.95 Å². The molecular weight excluding hydrogens is 278 g/mol. The summed E-state index contributed by atoms with van der Waals surface area (Å²) in [6.45, 7) is 0.395. The Morgan fingerprint density at radius 3 is 2.86 bits per heavy atom. The number of anilines is 1. The standard InChI is InChI=1S/C16H13N5O/c17-16-20-14-13(18-9-19-14)15(21-16)22-8-11-6-3-5-10-4-1-2-7-12(10)11/h1-7,9H,8H2,(H3,17,18,19,20,21). The fourth-order valence-electron chi connectivity index (χ4n) is 2.49. The lowest BCUT2D eigenvalue weighted by atomic mass is 10.1. The highest BCUT2D eigenvalue weighted by Gasteiger charge is 2.10. The van der Waals surface area contributed by atoms with Gasteiger partial charge >= 0.3 is 0 Å². The van der Waals surface area contributed by atoms with Crippen molar-refractivity contribution in [3.63, 3.8) is 0 Å². The van der Waals surface area contributed by atoms with Gasteiger partial charge in [-0.2, -0.15) is 9.97 Å². The minimum Gasteiger partial charge on any atom is -0.471 e. The van der Waals surface area contributed by atoms with Crippen LogP contribution in [0.5, 0.6) is 5.88 Å². The first-order valence-corrected chi connectivity index (χ1v) is 6.87. The number of benzene rings is 2. The van der Waals surface area contributed by atoms with E-state index in [4.69, 9.17) is 10.5 Å². The Balaban J connectivity index is 1.70. The van der Waals surface area contributed by atoms with Crippen molar-refractivity contribution >= 4 is 27.9 Å². The van der Waals surface area contributed by atoms with Crippen molar-refractivity contribution in [3.8, 4) is 5.88 Å². The smallest absolute Gasteiger partial charge is 0.245 e. The van der Waals surface area contributed by atoms with Gasteiger partial charge in [0.2, 0.25) is 11.8 Å². The summed E-state index contributed by atoms with van der Waals surface area (Å²) in [5, 5.41) is 2.34. The molecule has 0 aliphatic carbocycles. The van der Waals surface area contributed by atoms with E-state index in [0.717, 1.165) is 10.9 Å². The summed E-state index contributed by atoms with van der Waals surface area (Å²) in [4.78, 5) is 15.2. The number of aromatic amines is 1. The number of nitrogen functional groups attached to an aromatic ring is 1. The van der Waals surface area contributed by atoms with Crippen LogP contribution in [0.1, 0.15) is 5.56 Å². The average Bonchev–Trinajstić information content (AvgIpc) is 3.00. The number of nitrogens with zero attached hydrogens (tertiary/aromatic N) is 3. The topological polar surface area (TPSA) is 89.7 Å². The molecule has 6 nitrogen and oxygen atoms in total. The maximum atomic E-state index is 5.85. The lowest BCUT2D eigenvalue weighted by molar-refractivity contribution is 0.299. The zero-order valence-electron chi connectivity index (χ0n) is 11.7. The van der Waals surface area contributed by atoms with Crippen LogP contribution in [0.2, 0.25) is 0 Å². The number of nitrogens with one attached hydrogen (secondary N) is 1. The second kappa shape index (κ2) is 5.00. The van der Waals surface area contributed by atoms with E-state index in [9.17, 15) is 0 Å². The molecule has 0 aliphatic heterocycles. The van der Waals surface area contributed by atoms with E-state index in [1.807, 2.05) is 24.3 Å². The Kier molecular flexibility index (Phi) is 2.86. The fraction of sp³-hybridized carbons (Fsp3) is 0.0625. The maximum Gasteiger partial charge on any atom is 0.245 e. The Morgan fingerprint density at radius 2 is 1.91 bits per heavy atom. The van der Waals surface area contributed by atoms with Gasteiger partial charge in [-0.25, -0.2) is 4.98 Å². The zero-order chi connectivity index (χ0) is 14.9. The third-order valence-corrected chi connectivity index (χ3v) is 3.51. The van der Waals surface area contributed by atoms with Gasteiger partial charge in [0.1, 0.15) is 12.1 Å². The molecule has 4 rings (SSSR count). The molecule has 6 heteroatoms. The maximum absolute atomic E-state index is 5.85. The molecule has 0 unspecified atom stereocenters. The highest BCUT2D eigenvalue weighted by molar-refractivity contribution is 5.85. The zero-order valence-corrected chi connectivity index (χ0v) is 11.7. The van der Waals surface area contributed by atoms with Gasteiger partial charge in [-0.1, -0.05) is 42.5 Å². The lowest BCUT2D eigenvalue weighted by Gasteiger charge is -2.09. The van der Waals surface area contributed by atoms with Gasteiger partial charge in [0, 0.05) is 0 Å². The number of hydrogen-bond acceptors (Lipinski definition) is 5. The van der Waals surface area contributed by atoms with E-state index in [1.54, 1.807) is 6.33 Å². The average molecular weight is 291 g/mol. The quantitative estimate of drug-likeness (QED) is 0.605. The van der Waals surface area contributed by atoms with Crippen molar-refractivity contribution < 1.29 is 4.74 Å². The van der Waals surface area contributed by atoms with Crippen LogP contribution < -0.4 is 10.5 Å². The number of H-pyrrole nitrogens is 1. The minimum absolute atomic E-state index is 0.146. The second-order valence-corrected chi connectivity index (χ2v) is 4.92. The Bertz CT molecular complexity index is 958. The summed E-state index contributed by atoms with van der Waals surface area (Å²) in [6, 6.07) is 14.3. The molecule has 0 atom stereocenters. The molecule has 4 aromatic rings. The van der Waals surface area contributed by atoms with Crippen LogP contribution in [0, 0.1) is 0 Å². The van der Waals surface area contributed by atoms with E-state index < -0.39 is 0 Å². The van der Waals surface area contributed by atoms with Crippen molar-refractivity contribution in [2.24, 2.45) is 0 Å².